The third kappa shape index (κ3) is 7.41. The van der Waals surface area contributed by atoms with Gasteiger partial charge in [0.15, 0.2) is 6.23 Å². The minimum Gasteiger partial charge on any atom is -0.494 e. The van der Waals surface area contributed by atoms with Crippen molar-refractivity contribution in [2.45, 2.75) is 52.6 Å². The largest absolute Gasteiger partial charge is 0.494 e. The first kappa shape index (κ1) is 29.6. The molecular formula is C29H38BCl2N3O4. The van der Waals surface area contributed by atoms with Crippen LogP contribution in [0.5, 0.6) is 5.75 Å². The topological polar surface area (TPSA) is 62.3 Å². The number of unbranched alkanes of at least 4 members (excludes halogenated alkanes) is 1. The summed E-state index contributed by atoms with van der Waals surface area (Å²) >= 11 is 12.6. The summed E-state index contributed by atoms with van der Waals surface area (Å²) < 4.78 is 11.8. The number of ether oxygens (including phenoxy) is 2. The standard InChI is InChI=1S/C29H38BCl2N3O4/c1-20(2)28(39-29(37)30-3)35-25-19-22(11-9-21(25)10-12-26(35)36)38-18-5-4-13-33-14-16-34(17-15-33)24-8-6-7-23(31)27(24)32/h6-9,11,19-20,28,30H,4-5,10,12-18H2,1-3H3. The summed E-state index contributed by atoms with van der Waals surface area (Å²) in [6.07, 6.45) is 2.42. The molecule has 0 aliphatic carbocycles. The maximum Gasteiger partial charge on any atom is 0.257 e. The van der Waals surface area contributed by atoms with E-state index in [2.05, 4.69) is 9.80 Å². The van der Waals surface area contributed by atoms with Crippen LogP contribution >= 0.6 is 23.2 Å². The van der Waals surface area contributed by atoms with E-state index < -0.39 is 6.23 Å². The lowest BCUT2D eigenvalue weighted by Gasteiger charge is -2.37. The minimum absolute atomic E-state index is 0.0278. The van der Waals surface area contributed by atoms with E-state index in [4.69, 9.17) is 32.7 Å². The number of nitrogens with zero attached hydrogens (tertiary/aromatic N) is 3. The predicted molar refractivity (Wildman–Crippen MR) is 160 cm³/mol. The molecule has 0 N–H and O–H groups in total. The Labute approximate surface area is 242 Å². The van der Waals surface area contributed by atoms with E-state index >= 15 is 0 Å². The van der Waals surface area contributed by atoms with Crippen LogP contribution in [0.15, 0.2) is 36.4 Å². The third-order valence-corrected chi connectivity index (χ3v) is 8.15. The van der Waals surface area contributed by atoms with E-state index in [1.807, 2.05) is 50.2 Å². The third-order valence-electron chi connectivity index (χ3n) is 7.34. The number of hydrogen-bond acceptors (Lipinski definition) is 6. The molecule has 2 aromatic rings. The average Bonchev–Trinajstić information content (AvgIpc) is 2.93. The Bertz CT molecular complexity index is 1160. The molecule has 210 valence electrons. The minimum atomic E-state index is -0.630. The summed E-state index contributed by atoms with van der Waals surface area (Å²) in [4.78, 5) is 31.4. The molecule has 1 fully saturated rings. The number of fused-ring (bicyclic) bond motifs is 1. The molecule has 1 amide bonds. The van der Waals surface area contributed by atoms with Crippen LogP contribution in [0.2, 0.25) is 16.9 Å². The first-order valence-electron chi connectivity index (χ1n) is 14.0. The normalized spacial score (nSPS) is 16.7. The molecule has 1 atom stereocenters. The van der Waals surface area contributed by atoms with Gasteiger partial charge in [-0.25, -0.2) is 0 Å². The van der Waals surface area contributed by atoms with Crippen molar-refractivity contribution in [2.24, 2.45) is 5.92 Å². The number of anilines is 2. The van der Waals surface area contributed by atoms with Crippen molar-refractivity contribution in [3.63, 3.8) is 0 Å². The SMILES string of the molecule is CBC(=O)OC(C(C)C)N1C(=O)CCc2ccc(OCCCCN3CCN(c4cccc(Cl)c4Cl)CC3)cc21. The maximum absolute atomic E-state index is 12.9. The van der Waals surface area contributed by atoms with E-state index in [-0.39, 0.29) is 25.0 Å². The second-order valence-corrected chi connectivity index (χ2v) is 11.3. The number of halogens is 2. The molecule has 0 saturated carbocycles. The molecule has 2 heterocycles. The van der Waals surface area contributed by atoms with Gasteiger partial charge in [0.25, 0.3) is 7.28 Å². The molecule has 2 aliphatic rings. The zero-order valence-corrected chi connectivity index (χ0v) is 24.6. The lowest BCUT2D eigenvalue weighted by molar-refractivity contribution is -0.121. The molecule has 2 aromatic carbocycles. The number of aryl methyl sites for hydroxylation is 1. The fraction of sp³-hybridized carbons (Fsp3) is 0.517. The van der Waals surface area contributed by atoms with Gasteiger partial charge in [-0.3, -0.25) is 19.4 Å². The highest BCUT2D eigenvalue weighted by molar-refractivity contribution is 6.70. The summed E-state index contributed by atoms with van der Waals surface area (Å²) in [5.74, 6) is 0.352. The van der Waals surface area contributed by atoms with Crippen molar-refractivity contribution in [2.75, 3.05) is 49.1 Å². The van der Waals surface area contributed by atoms with Gasteiger partial charge in [0.05, 0.1) is 28.0 Å². The Kier molecular flexibility index (Phi) is 10.4. The van der Waals surface area contributed by atoms with Gasteiger partial charge in [-0.15, -0.1) is 0 Å². The quantitative estimate of drug-likeness (QED) is 0.248. The van der Waals surface area contributed by atoms with Gasteiger partial charge in [-0.05, 0) is 49.6 Å². The van der Waals surface area contributed by atoms with Crippen molar-refractivity contribution >= 4 is 53.6 Å². The van der Waals surface area contributed by atoms with Crippen molar-refractivity contribution in [1.29, 1.82) is 0 Å². The molecule has 1 unspecified atom stereocenters. The second-order valence-electron chi connectivity index (χ2n) is 10.5. The lowest BCUT2D eigenvalue weighted by atomic mass is 9.83. The second kappa shape index (κ2) is 13.8. The summed E-state index contributed by atoms with van der Waals surface area (Å²) in [5, 5.41) is 1.22. The van der Waals surface area contributed by atoms with E-state index in [1.54, 1.807) is 11.7 Å². The Hall–Kier alpha value is -2.42. The fourth-order valence-corrected chi connectivity index (χ4v) is 5.54. The molecule has 2 aliphatic heterocycles. The lowest BCUT2D eigenvalue weighted by Crippen LogP contribution is -2.48. The monoisotopic (exact) mass is 573 g/mol. The molecular weight excluding hydrogens is 536 g/mol. The van der Waals surface area contributed by atoms with Crippen LogP contribution in [0.25, 0.3) is 0 Å². The van der Waals surface area contributed by atoms with Gasteiger partial charge in [0.2, 0.25) is 11.8 Å². The number of carbonyl (C=O) groups excluding carboxylic acids is 2. The molecule has 0 spiro atoms. The van der Waals surface area contributed by atoms with Gasteiger partial charge in [0.1, 0.15) is 5.75 Å². The zero-order valence-electron chi connectivity index (χ0n) is 23.1. The smallest absolute Gasteiger partial charge is 0.257 e. The summed E-state index contributed by atoms with van der Waals surface area (Å²) in [6.45, 7) is 11.1. The van der Waals surface area contributed by atoms with Gasteiger partial charge in [-0.2, -0.15) is 0 Å². The van der Waals surface area contributed by atoms with E-state index in [9.17, 15) is 9.59 Å². The summed E-state index contributed by atoms with van der Waals surface area (Å²) in [5.41, 5.74) is 2.85. The van der Waals surface area contributed by atoms with Crippen LogP contribution in [0.1, 0.15) is 38.7 Å². The van der Waals surface area contributed by atoms with Gasteiger partial charge in [-0.1, -0.05) is 56.0 Å². The van der Waals surface area contributed by atoms with Crippen LogP contribution in [0, 0.1) is 5.92 Å². The van der Waals surface area contributed by atoms with Crippen molar-refractivity contribution in [1.82, 2.24) is 4.90 Å². The fourth-order valence-electron chi connectivity index (χ4n) is 5.13. The predicted octanol–water partition coefficient (Wildman–Crippen LogP) is 5.86. The van der Waals surface area contributed by atoms with Crippen LogP contribution < -0.4 is 14.5 Å². The highest BCUT2D eigenvalue weighted by atomic mass is 35.5. The maximum atomic E-state index is 12.9. The molecule has 39 heavy (non-hydrogen) atoms. The van der Waals surface area contributed by atoms with Gasteiger partial charge < -0.3 is 14.4 Å². The number of carbonyl (C=O) groups is 2. The number of piperazine rings is 1. The summed E-state index contributed by atoms with van der Waals surface area (Å²) in [7, 11) is 0.271. The molecule has 0 aromatic heterocycles. The van der Waals surface area contributed by atoms with Crippen LogP contribution in [-0.4, -0.2) is 69.5 Å². The summed E-state index contributed by atoms with van der Waals surface area (Å²) in [6, 6.07) is 11.7. The van der Waals surface area contributed by atoms with E-state index in [0.29, 0.717) is 29.5 Å². The van der Waals surface area contributed by atoms with Gasteiger partial charge >= 0.3 is 0 Å². The first-order chi connectivity index (χ1) is 18.8. The molecule has 0 radical (unpaired) electrons. The number of benzene rings is 2. The Balaban J connectivity index is 1.26. The van der Waals surface area contributed by atoms with E-state index in [0.717, 1.165) is 68.3 Å². The number of hydrogen-bond donors (Lipinski definition) is 0. The molecule has 10 heteroatoms. The Morgan fingerprint density at radius 2 is 1.79 bits per heavy atom. The van der Waals surface area contributed by atoms with Crippen LogP contribution in [0.4, 0.5) is 16.2 Å². The van der Waals surface area contributed by atoms with Crippen molar-refractivity contribution < 1.29 is 19.1 Å². The van der Waals surface area contributed by atoms with Crippen molar-refractivity contribution in [3.8, 4) is 5.75 Å². The molecule has 4 rings (SSSR count). The highest BCUT2D eigenvalue weighted by Crippen LogP contribution is 2.35. The highest BCUT2D eigenvalue weighted by Gasteiger charge is 2.35. The van der Waals surface area contributed by atoms with Crippen LogP contribution in [0.3, 0.4) is 0 Å². The molecule has 1 saturated heterocycles. The van der Waals surface area contributed by atoms with Crippen LogP contribution in [-0.2, 0) is 16.0 Å². The molecule has 0 bridgehead atoms. The van der Waals surface area contributed by atoms with Gasteiger partial charge in [0, 0.05) is 44.6 Å². The Morgan fingerprint density at radius 1 is 1.03 bits per heavy atom. The first-order valence-corrected chi connectivity index (χ1v) is 14.7. The average molecular weight is 574 g/mol. The number of rotatable bonds is 11. The van der Waals surface area contributed by atoms with E-state index in [1.165, 1.54) is 0 Å². The zero-order chi connectivity index (χ0) is 27.9. The van der Waals surface area contributed by atoms with Crippen molar-refractivity contribution in [3.05, 3.63) is 52.0 Å². The molecule has 7 nitrogen and oxygen atoms in total. The Morgan fingerprint density at radius 3 is 2.51 bits per heavy atom. The number of amides is 1.